The van der Waals surface area contributed by atoms with Gasteiger partial charge in [0.2, 0.25) is 12.4 Å². The van der Waals surface area contributed by atoms with Crippen molar-refractivity contribution in [1.29, 1.82) is 0 Å². The number of carbonyl (C=O) groups is 1. The zero-order chi connectivity index (χ0) is 18.5. The molecule has 1 atom stereocenters. The largest absolute Gasteiger partial charge is 0.495 e. The summed E-state index contributed by atoms with van der Waals surface area (Å²) in [7, 11) is 3.39. The van der Waals surface area contributed by atoms with Crippen molar-refractivity contribution in [3.05, 3.63) is 34.4 Å². The highest BCUT2D eigenvalue weighted by Crippen LogP contribution is 2.32. The van der Waals surface area contributed by atoms with E-state index in [4.69, 9.17) is 9.47 Å². The average Bonchev–Trinajstić information content (AvgIpc) is 2.69. The van der Waals surface area contributed by atoms with Crippen LogP contribution in [0.15, 0.2) is 28.9 Å². The zero-order valence-corrected chi connectivity index (χ0v) is 16.1. The van der Waals surface area contributed by atoms with E-state index in [9.17, 15) is 4.79 Å². The molecule has 2 N–H and O–H groups in total. The SMILES string of the molecule is CNc1nc(Nc2ccc(C3CN(C=O)CCO3)cc2OC)ncc1Br. The molecular weight excluding hydrogens is 402 g/mol. The smallest absolute Gasteiger partial charge is 0.229 e. The third kappa shape index (κ3) is 4.05. The summed E-state index contributed by atoms with van der Waals surface area (Å²) >= 11 is 3.39. The summed E-state index contributed by atoms with van der Waals surface area (Å²) in [6, 6.07) is 5.74. The Morgan fingerprint density at radius 3 is 3.04 bits per heavy atom. The summed E-state index contributed by atoms with van der Waals surface area (Å²) in [5.74, 6) is 1.78. The first-order valence-corrected chi connectivity index (χ1v) is 8.90. The van der Waals surface area contributed by atoms with Gasteiger partial charge < -0.3 is 25.0 Å². The zero-order valence-electron chi connectivity index (χ0n) is 14.5. The molecule has 1 aliphatic heterocycles. The van der Waals surface area contributed by atoms with Crippen LogP contribution in [0.3, 0.4) is 0 Å². The molecule has 0 saturated carbocycles. The van der Waals surface area contributed by atoms with Crippen molar-refractivity contribution in [3.63, 3.8) is 0 Å². The topological polar surface area (TPSA) is 88.6 Å². The Morgan fingerprint density at radius 2 is 2.31 bits per heavy atom. The Hall–Kier alpha value is -2.39. The van der Waals surface area contributed by atoms with Crippen LogP contribution in [0, 0.1) is 0 Å². The van der Waals surface area contributed by atoms with Crippen LogP contribution in [0.25, 0.3) is 0 Å². The molecule has 3 rings (SSSR count). The van der Waals surface area contributed by atoms with Crippen LogP contribution < -0.4 is 15.4 Å². The highest BCUT2D eigenvalue weighted by Gasteiger charge is 2.22. The molecule has 1 saturated heterocycles. The Balaban J connectivity index is 1.81. The lowest BCUT2D eigenvalue weighted by Crippen LogP contribution is -2.37. The molecule has 1 aromatic carbocycles. The van der Waals surface area contributed by atoms with E-state index < -0.39 is 0 Å². The van der Waals surface area contributed by atoms with Crippen LogP contribution in [0.4, 0.5) is 17.5 Å². The number of aromatic nitrogens is 2. The lowest BCUT2D eigenvalue weighted by Gasteiger charge is -2.30. The fourth-order valence-corrected chi connectivity index (χ4v) is 3.09. The van der Waals surface area contributed by atoms with Gasteiger partial charge in [-0.25, -0.2) is 4.98 Å². The maximum absolute atomic E-state index is 11.0. The number of hydrogen-bond acceptors (Lipinski definition) is 7. The second kappa shape index (κ2) is 8.33. The molecule has 9 heteroatoms. The van der Waals surface area contributed by atoms with E-state index in [2.05, 4.69) is 36.5 Å². The van der Waals surface area contributed by atoms with Crippen LogP contribution in [0.1, 0.15) is 11.7 Å². The van der Waals surface area contributed by atoms with Gasteiger partial charge in [0.05, 0.1) is 30.4 Å². The van der Waals surface area contributed by atoms with Crippen LogP contribution in [0.5, 0.6) is 5.75 Å². The molecule has 8 nitrogen and oxygen atoms in total. The second-order valence-corrected chi connectivity index (χ2v) is 6.54. The van der Waals surface area contributed by atoms with Crippen LogP contribution in [-0.2, 0) is 9.53 Å². The average molecular weight is 422 g/mol. The molecule has 2 aromatic rings. The Labute approximate surface area is 160 Å². The number of amides is 1. The van der Waals surface area contributed by atoms with E-state index >= 15 is 0 Å². The standard InChI is InChI=1S/C17H20BrN5O3/c1-19-16-12(18)8-20-17(22-16)21-13-4-3-11(7-14(13)25-2)15-9-23(10-24)5-6-26-15/h3-4,7-8,10,15H,5-6,9H2,1-2H3,(H2,19,20,21,22). The van der Waals surface area contributed by atoms with Crippen molar-refractivity contribution >= 4 is 39.8 Å². The lowest BCUT2D eigenvalue weighted by molar-refractivity contribution is -0.125. The molecule has 0 radical (unpaired) electrons. The van der Waals surface area contributed by atoms with Crippen molar-refractivity contribution < 1.29 is 14.3 Å². The van der Waals surface area contributed by atoms with E-state index in [0.717, 1.165) is 22.1 Å². The van der Waals surface area contributed by atoms with E-state index in [1.54, 1.807) is 25.3 Å². The van der Waals surface area contributed by atoms with Gasteiger partial charge in [-0.1, -0.05) is 6.07 Å². The molecular formula is C17H20BrN5O3. The predicted molar refractivity (Wildman–Crippen MR) is 102 cm³/mol. The minimum Gasteiger partial charge on any atom is -0.495 e. The molecule has 138 valence electrons. The highest BCUT2D eigenvalue weighted by atomic mass is 79.9. The summed E-state index contributed by atoms with van der Waals surface area (Å²) in [4.78, 5) is 21.4. The number of carbonyl (C=O) groups excluding carboxylic acids is 1. The molecule has 0 spiro atoms. The summed E-state index contributed by atoms with van der Waals surface area (Å²) in [6.45, 7) is 1.66. The number of nitrogens with one attached hydrogen (secondary N) is 2. The molecule has 1 amide bonds. The minimum absolute atomic E-state index is 0.170. The van der Waals surface area contributed by atoms with Crippen molar-refractivity contribution in [2.24, 2.45) is 0 Å². The molecule has 1 aromatic heterocycles. The second-order valence-electron chi connectivity index (χ2n) is 5.68. The third-order valence-corrected chi connectivity index (χ3v) is 4.65. The van der Waals surface area contributed by atoms with Gasteiger partial charge in [0, 0.05) is 19.8 Å². The Morgan fingerprint density at radius 1 is 1.46 bits per heavy atom. The van der Waals surface area contributed by atoms with Crippen molar-refractivity contribution in [2.45, 2.75) is 6.10 Å². The number of halogens is 1. The van der Waals surface area contributed by atoms with Gasteiger partial charge in [0.25, 0.3) is 0 Å². The van der Waals surface area contributed by atoms with Gasteiger partial charge in [0.1, 0.15) is 17.7 Å². The first kappa shape index (κ1) is 18.4. The maximum Gasteiger partial charge on any atom is 0.229 e. The fourth-order valence-electron chi connectivity index (χ4n) is 2.70. The number of methoxy groups -OCH3 is 1. The number of rotatable bonds is 6. The first-order chi connectivity index (χ1) is 12.6. The quantitative estimate of drug-likeness (QED) is 0.692. The van der Waals surface area contributed by atoms with E-state index in [1.807, 2.05) is 18.2 Å². The number of morpholine rings is 1. The number of nitrogens with zero attached hydrogens (tertiary/aromatic N) is 3. The minimum atomic E-state index is -0.170. The summed E-state index contributed by atoms with van der Waals surface area (Å²) in [5, 5.41) is 6.15. The highest BCUT2D eigenvalue weighted by molar-refractivity contribution is 9.10. The van der Waals surface area contributed by atoms with Gasteiger partial charge in [-0.15, -0.1) is 0 Å². The molecule has 26 heavy (non-hydrogen) atoms. The summed E-state index contributed by atoms with van der Waals surface area (Å²) < 4.78 is 12.1. The van der Waals surface area contributed by atoms with E-state index in [1.165, 1.54) is 0 Å². The Bertz CT molecular complexity index is 789. The Kier molecular flexibility index (Phi) is 5.89. The van der Waals surface area contributed by atoms with Gasteiger partial charge in [-0.2, -0.15) is 4.98 Å². The maximum atomic E-state index is 11.0. The van der Waals surface area contributed by atoms with Crippen LogP contribution in [-0.4, -0.2) is 55.1 Å². The van der Waals surface area contributed by atoms with Gasteiger partial charge >= 0.3 is 0 Å². The van der Waals surface area contributed by atoms with Crippen molar-refractivity contribution in [2.75, 3.05) is 44.5 Å². The molecule has 1 fully saturated rings. The van der Waals surface area contributed by atoms with E-state index in [0.29, 0.717) is 37.2 Å². The molecule has 0 bridgehead atoms. The predicted octanol–water partition coefficient (Wildman–Crippen LogP) is 2.56. The number of benzene rings is 1. The fraction of sp³-hybridized carbons (Fsp3) is 0.353. The number of ether oxygens (including phenoxy) is 2. The van der Waals surface area contributed by atoms with Crippen molar-refractivity contribution in [1.82, 2.24) is 14.9 Å². The van der Waals surface area contributed by atoms with Gasteiger partial charge in [0.15, 0.2) is 0 Å². The lowest BCUT2D eigenvalue weighted by atomic mass is 10.1. The van der Waals surface area contributed by atoms with Crippen LogP contribution >= 0.6 is 15.9 Å². The monoisotopic (exact) mass is 421 g/mol. The molecule has 0 aliphatic carbocycles. The van der Waals surface area contributed by atoms with Gasteiger partial charge in [-0.3, -0.25) is 4.79 Å². The third-order valence-electron chi connectivity index (χ3n) is 4.07. The first-order valence-electron chi connectivity index (χ1n) is 8.10. The number of hydrogen-bond donors (Lipinski definition) is 2. The normalized spacial score (nSPS) is 16.9. The van der Waals surface area contributed by atoms with Gasteiger partial charge in [-0.05, 0) is 33.6 Å². The molecule has 1 aliphatic rings. The number of anilines is 3. The van der Waals surface area contributed by atoms with Crippen molar-refractivity contribution in [3.8, 4) is 5.75 Å². The van der Waals surface area contributed by atoms with Crippen LogP contribution in [0.2, 0.25) is 0 Å². The molecule has 2 heterocycles. The molecule has 1 unspecified atom stereocenters. The summed E-state index contributed by atoms with van der Waals surface area (Å²) in [6.07, 6.45) is 2.36. The van der Waals surface area contributed by atoms with E-state index in [-0.39, 0.29) is 6.10 Å². The summed E-state index contributed by atoms with van der Waals surface area (Å²) in [5.41, 5.74) is 1.69.